The van der Waals surface area contributed by atoms with Crippen molar-refractivity contribution >= 4 is 5.97 Å². The largest absolute Gasteiger partial charge is 0.431 e. The minimum Gasteiger partial charge on any atom is -0.431 e. The lowest BCUT2D eigenvalue weighted by molar-refractivity contribution is 0.0661. The normalized spacial score (nSPS) is 17.2. The maximum absolute atomic E-state index is 11.6. The maximum atomic E-state index is 11.6. The predicted molar refractivity (Wildman–Crippen MR) is 67.6 cm³/mol. The van der Waals surface area contributed by atoms with E-state index >= 15 is 0 Å². The van der Waals surface area contributed by atoms with Crippen molar-refractivity contribution in [2.75, 3.05) is 0 Å². The average molecular weight is 230 g/mol. The molecule has 1 fully saturated rings. The molecule has 0 radical (unpaired) electrons. The topological polar surface area (TPSA) is 26.3 Å². The molecule has 0 amide bonds. The van der Waals surface area contributed by atoms with Crippen LogP contribution in [0.4, 0.5) is 0 Å². The quantitative estimate of drug-likeness (QED) is 0.580. The van der Waals surface area contributed by atoms with E-state index in [-0.39, 0.29) is 5.97 Å². The van der Waals surface area contributed by atoms with Crippen LogP contribution in [0.1, 0.15) is 42.5 Å². The van der Waals surface area contributed by atoms with Gasteiger partial charge >= 0.3 is 5.97 Å². The molecule has 1 saturated carbocycles. The summed E-state index contributed by atoms with van der Waals surface area (Å²) < 4.78 is 5.11. The average Bonchev–Trinajstić information content (AvgIpc) is 2.41. The summed E-state index contributed by atoms with van der Waals surface area (Å²) in [5, 5.41) is 0. The van der Waals surface area contributed by atoms with Gasteiger partial charge in [0.2, 0.25) is 0 Å². The molecule has 1 aliphatic rings. The molecule has 0 saturated heterocycles. The van der Waals surface area contributed by atoms with E-state index in [0.29, 0.717) is 11.5 Å². The number of carbonyl (C=O) groups excluding carboxylic acids is 1. The highest BCUT2D eigenvalue weighted by Gasteiger charge is 2.10. The van der Waals surface area contributed by atoms with Gasteiger partial charge in [0.1, 0.15) is 0 Å². The fourth-order valence-corrected chi connectivity index (χ4v) is 2.18. The Morgan fingerprint density at radius 3 is 2.53 bits per heavy atom. The summed E-state index contributed by atoms with van der Waals surface area (Å²) in [4.78, 5) is 11.6. The van der Waals surface area contributed by atoms with Crippen molar-refractivity contribution in [1.82, 2.24) is 0 Å². The highest BCUT2D eigenvalue weighted by Crippen LogP contribution is 2.24. The molecule has 2 nitrogen and oxygen atoms in total. The standard InChI is InChI=1S/C15H18O2/c16-15(14-9-5-2-6-10-14)17-12-11-13-7-3-1-4-8-13/h2,5-6,9-13H,1,3-4,7-8H2/b12-11-. The van der Waals surface area contributed by atoms with Crippen LogP contribution in [0.25, 0.3) is 0 Å². The second-order valence-corrected chi connectivity index (χ2v) is 4.50. The Balaban J connectivity index is 1.81. The molecule has 0 heterocycles. The minimum atomic E-state index is -0.280. The third-order valence-electron chi connectivity index (χ3n) is 3.19. The summed E-state index contributed by atoms with van der Waals surface area (Å²) in [6.07, 6.45) is 9.96. The van der Waals surface area contributed by atoms with Crippen LogP contribution >= 0.6 is 0 Å². The molecule has 2 heteroatoms. The molecule has 90 valence electrons. The van der Waals surface area contributed by atoms with E-state index in [2.05, 4.69) is 0 Å². The number of esters is 1. The fourth-order valence-electron chi connectivity index (χ4n) is 2.18. The Hall–Kier alpha value is -1.57. The van der Waals surface area contributed by atoms with Gasteiger partial charge in [0.25, 0.3) is 0 Å². The maximum Gasteiger partial charge on any atom is 0.342 e. The lowest BCUT2D eigenvalue weighted by atomic mass is 9.89. The van der Waals surface area contributed by atoms with Crippen LogP contribution in [-0.2, 0) is 4.74 Å². The van der Waals surface area contributed by atoms with Gasteiger partial charge in [0.05, 0.1) is 11.8 Å². The Morgan fingerprint density at radius 1 is 1.12 bits per heavy atom. The van der Waals surface area contributed by atoms with Crippen LogP contribution in [-0.4, -0.2) is 5.97 Å². The zero-order valence-corrected chi connectivity index (χ0v) is 9.97. The minimum absolute atomic E-state index is 0.280. The molecule has 0 atom stereocenters. The molecular formula is C15H18O2. The number of carbonyl (C=O) groups is 1. The predicted octanol–water partition coefficient (Wildman–Crippen LogP) is 3.94. The van der Waals surface area contributed by atoms with E-state index in [9.17, 15) is 4.79 Å². The number of allylic oxidation sites excluding steroid dienone is 1. The third kappa shape index (κ3) is 3.74. The molecular weight excluding hydrogens is 212 g/mol. The van der Waals surface area contributed by atoms with Crippen molar-refractivity contribution in [3.05, 3.63) is 48.2 Å². The smallest absolute Gasteiger partial charge is 0.342 e. The molecule has 0 aromatic heterocycles. The summed E-state index contributed by atoms with van der Waals surface area (Å²) >= 11 is 0. The first kappa shape index (κ1) is 11.9. The molecule has 17 heavy (non-hydrogen) atoms. The number of ether oxygens (including phenoxy) is 1. The van der Waals surface area contributed by atoms with Gasteiger partial charge in [-0.1, -0.05) is 37.5 Å². The molecule has 0 N–H and O–H groups in total. The van der Waals surface area contributed by atoms with Crippen molar-refractivity contribution < 1.29 is 9.53 Å². The van der Waals surface area contributed by atoms with Gasteiger partial charge in [0, 0.05) is 0 Å². The van der Waals surface area contributed by atoms with Crippen LogP contribution in [0, 0.1) is 5.92 Å². The van der Waals surface area contributed by atoms with Gasteiger partial charge in [-0.05, 0) is 37.0 Å². The van der Waals surface area contributed by atoms with E-state index in [4.69, 9.17) is 4.74 Å². The zero-order valence-electron chi connectivity index (χ0n) is 9.97. The van der Waals surface area contributed by atoms with Crippen LogP contribution in [0.3, 0.4) is 0 Å². The van der Waals surface area contributed by atoms with Gasteiger partial charge < -0.3 is 4.74 Å². The number of hydrogen-bond acceptors (Lipinski definition) is 2. The number of rotatable bonds is 3. The van der Waals surface area contributed by atoms with Crippen LogP contribution in [0.2, 0.25) is 0 Å². The Labute approximate surface area is 102 Å². The van der Waals surface area contributed by atoms with Crippen molar-refractivity contribution in [3.8, 4) is 0 Å². The first-order valence-corrected chi connectivity index (χ1v) is 6.29. The fraction of sp³-hybridized carbons (Fsp3) is 0.400. The van der Waals surface area contributed by atoms with Crippen molar-refractivity contribution in [3.63, 3.8) is 0 Å². The molecule has 1 aliphatic carbocycles. The summed E-state index contributed by atoms with van der Waals surface area (Å²) in [5.41, 5.74) is 0.598. The van der Waals surface area contributed by atoms with Crippen molar-refractivity contribution in [2.45, 2.75) is 32.1 Å². The highest BCUT2D eigenvalue weighted by atomic mass is 16.5. The van der Waals surface area contributed by atoms with Gasteiger partial charge in [-0.3, -0.25) is 0 Å². The van der Waals surface area contributed by atoms with E-state index in [1.165, 1.54) is 32.1 Å². The summed E-state index contributed by atoms with van der Waals surface area (Å²) in [6.45, 7) is 0. The van der Waals surface area contributed by atoms with Gasteiger partial charge in [-0.25, -0.2) is 4.79 Å². The second-order valence-electron chi connectivity index (χ2n) is 4.50. The summed E-state index contributed by atoms with van der Waals surface area (Å²) in [7, 11) is 0. The monoisotopic (exact) mass is 230 g/mol. The van der Waals surface area contributed by atoms with E-state index < -0.39 is 0 Å². The lowest BCUT2D eigenvalue weighted by Crippen LogP contribution is -2.04. The lowest BCUT2D eigenvalue weighted by Gasteiger charge is -2.17. The molecule has 2 rings (SSSR count). The van der Waals surface area contributed by atoms with Gasteiger partial charge in [-0.15, -0.1) is 0 Å². The van der Waals surface area contributed by atoms with Crippen molar-refractivity contribution in [2.24, 2.45) is 5.92 Å². The Morgan fingerprint density at radius 2 is 1.82 bits per heavy atom. The highest BCUT2D eigenvalue weighted by molar-refractivity contribution is 5.89. The van der Waals surface area contributed by atoms with E-state index in [1.54, 1.807) is 18.4 Å². The van der Waals surface area contributed by atoms with Crippen LogP contribution in [0.5, 0.6) is 0 Å². The Kier molecular flexibility index (Phi) is 4.37. The second kappa shape index (κ2) is 6.24. The van der Waals surface area contributed by atoms with Gasteiger partial charge in [-0.2, -0.15) is 0 Å². The summed E-state index contributed by atoms with van der Waals surface area (Å²) in [5.74, 6) is 0.310. The zero-order chi connectivity index (χ0) is 11.9. The summed E-state index contributed by atoms with van der Waals surface area (Å²) in [6, 6.07) is 9.07. The Bertz CT molecular complexity index is 375. The van der Waals surface area contributed by atoms with Crippen molar-refractivity contribution in [1.29, 1.82) is 0 Å². The molecule has 0 bridgehead atoms. The molecule has 1 aromatic carbocycles. The SMILES string of the molecule is O=C(O/C=C\C1CCCCC1)c1ccccc1. The van der Waals surface area contributed by atoms with E-state index in [1.807, 2.05) is 24.3 Å². The molecule has 0 aliphatic heterocycles. The number of benzene rings is 1. The first-order valence-electron chi connectivity index (χ1n) is 6.29. The molecule has 0 unspecified atom stereocenters. The first-order chi connectivity index (χ1) is 8.36. The number of hydrogen-bond donors (Lipinski definition) is 0. The van der Waals surface area contributed by atoms with Crippen LogP contribution in [0.15, 0.2) is 42.7 Å². The molecule has 1 aromatic rings. The molecule has 0 spiro atoms. The van der Waals surface area contributed by atoms with E-state index in [0.717, 1.165) is 0 Å². The van der Waals surface area contributed by atoms with Crippen LogP contribution < -0.4 is 0 Å². The third-order valence-corrected chi connectivity index (χ3v) is 3.19. The van der Waals surface area contributed by atoms with Gasteiger partial charge in [0.15, 0.2) is 0 Å².